The number of aromatic nitrogens is 2. The second kappa shape index (κ2) is 7.29. The minimum atomic E-state index is -1.74. The molecule has 2 rings (SSSR count). The van der Waals surface area contributed by atoms with E-state index in [1.54, 1.807) is 6.92 Å². The van der Waals surface area contributed by atoms with E-state index in [4.69, 9.17) is 9.47 Å². The molecule has 1 fully saturated rings. The number of carbonyl (C=O) groups is 1. The van der Waals surface area contributed by atoms with Crippen molar-refractivity contribution in [1.29, 1.82) is 0 Å². The first-order chi connectivity index (χ1) is 10.5. The SMILES string of the molecule is CC(CCOC(=O)c1cnc(OCC2CC2)nc1C)=C(F)F. The Bertz CT molecular complexity index is 582. The Kier molecular flexibility index (Phi) is 5.41. The Morgan fingerprint density at radius 1 is 1.41 bits per heavy atom. The zero-order chi connectivity index (χ0) is 16.1. The first-order valence-corrected chi connectivity index (χ1v) is 7.11. The molecule has 7 heteroatoms. The van der Waals surface area contributed by atoms with Crippen LogP contribution < -0.4 is 4.74 Å². The van der Waals surface area contributed by atoms with E-state index >= 15 is 0 Å². The van der Waals surface area contributed by atoms with Gasteiger partial charge in [-0.3, -0.25) is 0 Å². The Balaban J connectivity index is 1.87. The van der Waals surface area contributed by atoms with Gasteiger partial charge in [-0.05, 0) is 38.2 Å². The van der Waals surface area contributed by atoms with Crippen LogP contribution in [-0.2, 0) is 4.74 Å². The van der Waals surface area contributed by atoms with Gasteiger partial charge < -0.3 is 9.47 Å². The van der Waals surface area contributed by atoms with Crippen LogP contribution in [0.4, 0.5) is 8.78 Å². The number of carbonyl (C=O) groups excluding carboxylic acids is 1. The van der Waals surface area contributed by atoms with Crippen molar-refractivity contribution < 1.29 is 23.0 Å². The largest absolute Gasteiger partial charge is 0.463 e. The van der Waals surface area contributed by atoms with Gasteiger partial charge in [0.25, 0.3) is 6.08 Å². The molecule has 1 aliphatic carbocycles. The Labute approximate surface area is 127 Å². The number of ether oxygens (including phenoxy) is 2. The van der Waals surface area contributed by atoms with Crippen LogP contribution in [-0.4, -0.2) is 29.2 Å². The first kappa shape index (κ1) is 16.3. The van der Waals surface area contributed by atoms with Crippen molar-refractivity contribution in [2.75, 3.05) is 13.2 Å². The van der Waals surface area contributed by atoms with Gasteiger partial charge in [0.1, 0.15) is 0 Å². The maximum atomic E-state index is 12.2. The molecule has 0 radical (unpaired) electrons. The standard InChI is InChI=1S/C15H18F2N2O3/c1-9(13(16)17)5-6-21-14(20)12-7-18-15(19-10(12)2)22-8-11-3-4-11/h7,11H,3-6,8H2,1-2H3. The van der Waals surface area contributed by atoms with Crippen LogP contribution in [0, 0.1) is 12.8 Å². The van der Waals surface area contributed by atoms with Gasteiger partial charge in [0.15, 0.2) is 0 Å². The Hall–Kier alpha value is -2.05. The Morgan fingerprint density at radius 3 is 2.73 bits per heavy atom. The molecule has 0 saturated heterocycles. The molecule has 0 atom stereocenters. The van der Waals surface area contributed by atoms with Crippen molar-refractivity contribution >= 4 is 5.97 Å². The van der Waals surface area contributed by atoms with Gasteiger partial charge in [-0.2, -0.15) is 13.8 Å². The minimum Gasteiger partial charge on any atom is -0.463 e. The zero-order valence-electron chi connectivity index (χ0n) is 12.6. The lowest BCUT2D eigenvalue weighted by molar-refractivity contribution is 0.0505. The quantitative estimate of drug-likeness (QED) is 0.723. The van der Waals surface area contributed by atoms with Crippen LogP contribution >= 0.6 is 0 Å². The second-order valence-corrected chi connectivity index (χ2v) is 5.33. The molecular weight excluding hydrogens is 294 g/mol. The number of hydrogen-bond acceptors (Lipinski definition) is 5. The predicted molar refractivity (Wildman–Crippen MR) is 74.8 cm³/mol. The molecular formula is C15H18F2N2O3. The maximum absolute atomic E-state index is 12.2. The monoisotopic (exact) mass is 312 g/mol. The fraction of sp³-hybridized carbons (Fsp3) is 0.533. The summed E-state index contributed by atoms with van der Waals surface area (Å²) in [7, 11) is 0. The molecule has 120 valence electrons. The summed E-state index contributed by atoms with van der Waals surface area (Å²) in [5.74, 6) is -0.0425. The molecule has 1 heterocycles. The molecule has 0 bridgehead atoms. The van der Waals surface area contributed by atoms with Crippen molar-refractivity contribution in [3.05, 3.63) is 29.1 Å². The van der Waals surface area contributed by atoms with Crippen LogP contribution in [0.5, 0.6) is 6.01 Å². The summed E-state index contributed by atoms with van der Waals surface area (Å²) in [6.07, 6.45) is 1.92. The fourth-order valence-corrected chi connectivity index (χ4v) is 1.66. The second-order valence-electron chi connectivity index (χ2n) is 5.33. The van der Waals surface area contributed by atoms with E-state index in [-0.39, 0.29) is 30.2 Å². The van der Waals surface area contributed by atoms with Crippen molar-refractivity contribution in [2.45, 2.75) is 33.1 Å². The average molecular weight is 312 g/mol. The van der Waals surface area contributed by atoms with E-state index in [0.717, 1.165) is 12.8 Å². The van der Waals surface area contributed by atoms with E-state index in [9.17, 15) is 13.6 Å². The number of hydrogen-bond donors (Lipinski definition) is 0. The molecule has 1 aromatic heterocycles. The molecule has 1 aromatic rings. The third-order valence-electron chi connectivity index (χ3n) is 3.36. The normalized spacial score (nSPS) is 13.6. The molecule has 0 aromatic carbocycles. The van der Waals surface area contributed by atoms with Crippen LogP contribution in [0.15, 0.2) is 17.9 Å². The molecule has 0 spiro atoms. The van der Waals surface area contributed by atoms with E-state index in [1.807, 2.05) is 0 Å². The van der Waals surface area contributed by atoms with Gasteiger partial charge in [0, 0.05) is 12.6 Å². The van der Waals surface area contributed by atoms with Crippen molar-refractivity contribution in [1.82, 2.24) is 9.97 Å². The Morgan fingerprint density at radius 2 is 2.14 bits per heavy atom. The molecule has 22 heavy (non-hydrogen) atoms. The lowest BCUT2D eigenvalue weighted by Crippen LogP contribution is -2.11. The van der Waals surface area contributed by atoms with E-state index < -0.39 is 12.0 Å². The van der Waals surface area contributed by atoms with Crippen molar-refractivity contribution in [3.8, 4) is 6.01 Å². The number of aryl methyl sites for hydroxylation is 1. The minimum absolute atomic E-state index is 0.00341. The maximum Gasteiger partial charge on any atom is 0.341 e. The van der Waals surface area contributed by atoms with Gasteiger partial charge in [-0.1, -0.05) is 0 Å². The summed E-state index contributed by atoms with van der Waals surface area (Å²) in [4.78, 5) is 19.9. The molecule has 1 saturated carbocycles. The number of rotatable bonds is 7. The summed E-state index contributed by atoms with van der Waals surface area (Å²) in [5, 5.41) is 0. The summed E-state index contributed by atoms with van der Waals surface area (Å²) in [5.41, 5.74) is 0.556. The summed E-state index contributed by atoms with van der Waals surface area (Å²) >= 11 is 0. The van der Waals surface area contributed by atoms with Gasteiger partial charge in [0.05, 0.1) is 24.5 Å². The predicted octanol–water partition coefficient (Wildman–Crippen LogP) is 3.29. The van der Waals surface area contributed by atoms with Crippen LogP contribution in [0.2, 0.25) is 0 Å². The molecule has 0 aliphatic heterocycles. The van der Waals surface area contributed by atoms with Crippen molar-refractivity contribution in [2.24, 2.45) is 5.92 Å². The van der Waals surface area contributed by atoms with Gasteiger partial charge >= 0.3 is 12.0 Å². The number of nitrogens with zero attached hydrogens (tertiary/aromatic N) is 2. The lowest BCUT2D eigenvalue weighted by Gasteiger charge is -2.08. The van der Waals surface area contributed by atoms with Crippen LogP contribution in [0.1, 0.15) is 42.2 Å². The van der Waals surface area contributed by atoms with Gasteiger partial charge in [-0.15, -0.1) is 0 Å². The van der Waals surface area contributed by atoms with Gasteiger partial charge in [0.2, 0.25) is 0 Å². The number of esters is 1. The van der Waals surface area contributed by atoms with E-state index in [1.165, 1.54) is 13.1 Å². The highest BCUT2D eigenvalue weighted by molar-refractivity contribution is 5.90. The lowest BCUT2D eigenvalue weighted by atomic mass is 10.2. The van der Waals surface area contributed by atoms with E-state index in [0.29, 0.717) is 18.2 Å². The van der Waals surface area contributed by atoms with Gasteiger partial charge in [-0.25, -0.2) is 9.78 Å². The summed E-state index contributed by atoms with van der Waals surface area (Å²) in [6, 6.07) is 0.235. The number of halogens is 2. The zero-order valence-corrected chi connectivity index (χ0v) is 12.6. The average Bonchev–Trinajstić information content (AvgIpc) is 3.29. The molecule has 0 N–H and O–H groups in total. The first-order valence-electron chi connectivity index (χ1n) is 7.11. The summed E-state index contributed by atoms with van der Waals surface area (Å²) in [6.45, 7) is 3.42. The van der Waals surface area contributed by atoms with E-state index in [2.05, 4.69) is 9.97 Å². The molecule has 0 amide bonds. The highest BCUT2D eigenvalue weighted by Gasteiger charge is 2.22. The highest BCUT2D eigenvalue weighted by Crippen LogP contribution is 2.29. The molecule has 5 nitrogen and oxygen atoms in total. The topological polar surface area (TPSA) is 61.3 Å². The third-order valence-corrected chi connectivity index (χ3v) is 3.36. The van der Waals surface area contributed by atoms with Crippen LogP contribution in [0.3, 0.4) is 0 Å². The highest BCUT2D eigenvalue weighted by atomic mass is 19.3. The third kappa shape index (κ3) is 4.75. The summed E-state index contributed by atoms with van der Waals surface area (Å²) < 4.78 is 34.8. The fourth-order valence-electron chi connectivity index (χ4n) is 1.66. The molecule has 0 unspecified atom stereocenters. The smallest absolute Gasteiger partial charge is 0.341 e. The molecule has 1 aliphatic rings. The van der Waals surface area contributed by atoms with Crippen molar-refractivity contribution in [3.63, 3.8) is 0 Å². The van der Waals surface area contributed by atoms with Crippen LogP contribution in [0.25, 0.3) is 0 Å².